The minimum absolute atomic E-state index is 0.0115. The molecular weight excluding hydrogens is 216 g/mol. The van der Waals surface area contributed by atoms with Crippen molar-refractivity contribution in [2.24, 2.45) is 11.7 Å². The Morgan fingerprint density at radius 1 is 1.41 bits per heavy atom. The zero-order valence-electron chi connectivity index (χ0n) is 11.0. The molecule has 0 radical (unpaired) electrons. The number of hydrogen-bond acceptors (Lipinski definition) is 3. The van der Waals surface area contributed by atoms with Gasteiger partial charge in [-0.05, 0) is 39.0 Å². The van der Waals surface area contributed by atoms with Crippen molar-refractivity contribution in [3.63, 3.8) is 0 Å². The molecule has 0 spiro atoms. The van der Waals surface area contributed by atoms with Crippen LogP contribution in [0.2, 0.25) is 0 Å². The summed E-state index contributed by atoms with van der Waals surface area (Å²) in [5, 5.41) is 12.7. The number of nitrogens with two attached hydrogens (primary N) is 1. The van der Waals surface area contributed by atoms with E-state index in [1.54, 1.807) is 0 Å². The van der Waals surface area contributed by atoms with Crippen molar-refractivity contribution in [3.8, 4) is 0 Å². The van der Waals surface area contributed by atoms with Crippen molar-refractivity contribution in [2.45, 2.75) is 64.0 Å². The molecule has 4 heteroatoms. The summed E-state index contributed by atoms with van der Waals surface area (Å²) in [4.78, 5) is 11.8. The Labute approximate surface area is 104 Å². The molecule has 1 aliphatic carbocycles. The van der Waals surface area contributed by atoms with Crippen LogP contribution < -0.4 is 11.1 Å². The van der Waals surface area contributed by atoms with E-state index in [0.717, 1.165) is 38.5 Å². The highest BCUT2D eigenvalue weighted by atomic mass is 16.3. The number of nitrogens with one attached hydrogen (secondary N) is 1. The Hall–Kier alpha value is -0.610. The van der Waals surface area contributed by atoms with Gasteiger partial charge in [-0.15, -0.1) is 0 Å². The first kappa shape index (κ1) is 14.5. The largest absolute Gasteiger partial charge is 0.388 e. The van der Waals surface area contributed by atoms with Crippen LogP contribution in [0, 0.1) is 5.92 Å². The van der Waals surface area contributed by atoms with Gasteiger partial charge in [0.2, 0.25) is 5.91 Å². The molecule has 1 aliphatic rings. The van der Waals surface area contributed by atoms with Crippen LogP contribution in [0.25, 0.3) is 0 Å². The molecule has 4 nitrogen and oxygen atoms in total. The lowest BCUT2D eigenvalue weighted by Gasteiger charge is -2.36. The number of amides is 1. The molecule has 0 bridgehead atoms. The standard InChI is InChI=1S/C13H26N2O2/c1-10(5-3-6-11(2)14)12(16)15-9-13(17)7-4-8-13/h10-11,17H,3-9,14H2,1-2H3,(H,15,16). The van der Waals surface area contributed by atoms with Crippen molar-refractivity contribution in [2.75, 3.05) is 6.54 Å². The minimum atomic E-state index is -0.624. The van der Waals surface area contributed by atoms with Crippen LogP contribution >= 0.6 is 0 Å². The fraction of sp³-hybridized carbons (Fsp3) is 0.923. The summed E-state index contributed by atoms with van der Waals surface area (Å²) < 4.78 is 0. The van der Waals surface area contributed by atoms with Gasteiger partial charge < -0.3 is 16.2 Å². The number of carbonyl (C=O) groups excluding carboxylic acids is 1. The van der Waals surface area contributed by atoms with E-state index < -0.39 is 5.60 Å². The monoisotopic (exact) mass is 242 g/mol. The third-order valence-electron chi connectivity index (χ3n) is 3.62. The highest BCUT2D eigenvalue weighted by Crippen LogP contribution is 2.30. The maximum absolute atomic E-state index is 11.8. The van der Waals surface area contributed by atoms with Crippen LogP contribution in [0.5, 0.6) is 0 Å². The Morgan fingerprint density at radius 2 is 2.06 bits per heavy atom. The van der Waals surface area contributed by atoms with Crippen LogP contribution in [0.3, 0.4) is 0 Å². The lowest BCUT2D eigenvalue weighted by Crippen LogP contribution is -2.48. The van der Waals surface area contributed by atoms with Gasteiger partial charge in [-0.25, -0.2) is 0 Å². The molecule has 1 saturated carbocycles. The Bertz CT molecular complexity index is 250. The van der Waals surface area contributed by atoms with Crippen LogP contribution in [-0.4, -0.2) is 29.2 Å². The molecule has 0 aromatic rings. The maximum atomic E-state index is 11.8. The number of aliphatic hydroxyl groups is 1. The van der Waals surface area contributed by atoms with Gasteiger partial charge in [0.1, 0.15) is 0 Å². The Balaban J connectivity index is 2.13. The molecule has 0 aromatic heterocycles. The average Bonchev–Trinajstić information content (AvgIpc) is 2.22. The van der Waals surface area contributed by atoms with Gasteiger partial charge in [-0.1, -0.05) is 13.3 Å². The smallest absolute Gasteiger partial charge is 0.222 e. The maximum Gasteiger partial charge on any atom is 0.222 e. The summed E-state index contributed by atoms with van der Waals surface area (Å²) in [6.45, 7) is 4.32. The van der Waals surface area contributed by atoms with Crippen LogP contribution in [0.1, 0.15) is 52.4 Å². The molecule has 17 heavy (non-hydrogen) atoms. The molecule has 0 saturated heterocycles. The van der Waals surface area contributed by atoms with Gasteiger partial charge in [0, 0.05) is 18.5 Å². The third-order valence-corrected chi connectivity index (χ3v) is 3.62. The van der Waals surface area contributed by atoms with E-state index >= 15 is 0 Å². The van der Waals surface area contributed by atoms with E-state index in [9.17, 15) is 9.90 Å². The lowest BCUT2D eigenvalue weighted by molar-refractivity contribution is -0.127. The van der Waals surface area contributed by atoms with E-state index in [1.807, 2.05) is 13.8 Å². The van der Waals surface area contributed by atoms with Gasteiger partial charge in [-0.2, -0.15) is 0 Å². The highest BCUT2D eigenvalue weighted by Gasteiger charge is 2.34. The Morgan fingerprint density at radius 3 is 2.53 bits per heavy atom. The second kappa shape index (κ2) is 6.36. The van der Waals surface area contributed by atoms with Gasteiger partial charge in [0.15, 0.2) is 0 Å². The van der Waals surface area contributed by atoms with Crippen LogP contribution in [0.15, 0.2) is 0 Å². The molecule has 1 fully saturated rings. The highest BCUT2D eigenvalue weighted by molar-refractivity contribution is 5.78. The first-order valence-corrected chi connectivity index (χ1v) is 6.69. The summed E-state index contributed by atoms with van der Waals surface area (Å²) in [6, 6.07) is 0.209. The van der Waals surface area contributed by atoms with Crippen LogP contribution in [0.4, 0.5) is 0 Å². The normalized spacial score (nSPS) is 21.4. The van der Waals surface area contributed by atoms with Gasteiger partial charge in [0.25, 0.3) is 0 Å². The van der Waals surface area contributed by atoms with Crippen LogP contribution in [-0.2, 0) is 4.79 Å². The summed E-state index contributed by atoms with van der Waals surface area (Å²) in [5.74, 6) is 0.0624. The lowest BCUT2D eigenvalue weighted by atomic mass is 9.80. The first-order chi connectivity index (χ1) is 7.93. The second-order valence-corrected chi connectivity index (χ2v) is 5.60. The quantitative estimate of drug-likeness (QED) is 0.627. The van der Waals surface area contributed by atoms with E-state index in [1.165, 1.54) is 0 Å². The summed E-state index contributed by atoms with van der Waals surface area (Å²) >= 11 is 0. The number of carbonyl (C=O) groups is 1. The van der Waals surface area contributed by atoms with Gasteiger partial charge in [-0.3, -0.25) is 4.79 Å². The third kappa shape index (κ3) is 5.04. The van der Waals surface area contributed by atoms with Crippen molar-refractivity contribution in [1.29, 1.82) is 0 Å². The fourth-order valence-corrected chi connectivity index (χ4v) is 2.06. The average molecular weight is 242 g/mol. The molecule has 0 aliphatic heterocycles. The topological polar surface area (TPSA) is 75.4 Å². The molecular formula is C13H26N2O2. The molecule has 100 valence electrons. The minimum Gasteiger partial charge on any atom is -0.388 e. The molecule has 0 aromatic carbocycles. The Kier molecular flexibility index (Phi) is 5.40. The molecule has 4 N–H and O–H groups in total. The number of hydrogen-bond donors (Lipinski definition) is 3. The van der Waals surface area contributed by atoms with Crippen molar-refractivity contribution in [1.82, 2.24) is 5.32 Å². The van der Waals surface area contributed by atoms with Crippen molar-refractivity contribution < 1.29 is 9.90 Å². The van der Waals surface area contributed by atoms with E-state index in [0.29, 0.717) is 6.54 Å². The van der Waals surface area contributed by atoms with Gasteiger partial charge in [0.05, 0.1) is 5.60 Å². The summed E-state index contributed by atoms with van der Waals surface area (Å²) in [5.41, 5.74) is 5.04. The first-order valence-electron chi connectivity index (χ1n) is 6.69. The summed E-state index contributed by atoms with van der Waals surface area (Å²) in [6.07, 6.45) is 5.50. The van der Waals surface area contributed by atoms with E-state index in [4.69, 9.17) is 5.73 Å². The zero-order chi connectivity index (χ0) is 12.9. The molecule has 0 heterocycles. The van der Waals surface area contributed by atoms with Crippen molar-refractivity contribution >= 4 is 5.91 Å². The van der Waals surface area contributed by atoms with Gasteiger partial charge >= 0.3 is 0 Å². The molecule has 1 amide bonds. The zero-order valence-corrected chi connectivity index (χ0v) is 11.0. The predicted octanol–water partition coefficient (Wildman–Crippen LogP) is 1.17. The molecule has 2 atom stereocenters. The molecule has 1 rings (SSSR count). The predicted molar refractivity (Wildman–Crippen MR) is 68.5 cm³/mol. The second-order valence-electron chi connectivity index (χ2n) is 5.60. The SMILES string of the molecule is CC(N)CCCC(C)C(=O)NCC1(O)CCC1. The van der Waals surface area contributed by atoms with E-state index in [-0.39, 0.29) is 17.9 Å². The summed E-state index contributed by atoms with van der Waals surface area (Å²) in [7, 11) is 0. The van der Waals surface area contributed by atoms with Crippen molar-refractivity contribution in [3.05, 3.63) is 0 Å². The number of rotatable bonds is 7. The fourth-order valence-electron chi connectivity index (χ4n) is 2.06. The molecule has 2 unspecified atom stereocenters. The van der Waals surface area contributed by atoms with E-state index in [2.05, 4.69) is 5.32 Å².